The molecule has 6 nitrogen and oxygen atoms in total. The summed E-state index contributed by atoms with van der Waals surface area (Å²) in [6.07, 6.45) is 0.925. The molecule has 0 radical (unpaired) electrons. The van der Waals surface area contributed by atoms with E-state index in [1.807, 2.05) is 0 Å². The second-order valence-electron chi connectivity index (χ2n) is 5.65. The van der Waals surface area contributed by atoms with Crippen LogP contribution in [-0.2, 0) is 11.3 Å². The predicted molar refractivity (Wildman–Crippen MR) is 81.0 cm³/mol. The fourth-order valence-corrected chi connectivity index (χ4v) is 3.09. The molecule has 2 aromatic rings. The van der Waals surface area contributed by atoms with Crippen molar-refractivity contribution in [3.05, 3.63) is 45.6 Å². The fourth-order valence-electron chi connectivity index (χ4n) is 3.09. The third kappa shape index (κ3) is 2.48. The summed E-state index contributed by atoms with van der Waals surface area (Å²) in [5, 5.41) is 12.0. The number of aromatic nitrogens is 1. The van der Waals surface area contributed by atoms with E-state index in [9.17, 15) is 23.9 Å². The molecule has 2 N–H and O–H groups in total. The second kappa shape index (κ2) is 5.49. The number of carboxylic acids is 1. The quantitative estimate of drug-likeness (QED) is 0.896. The Labute approximate surface area is 130 Å². The molecule has 1 aromatic heterocycles. The van der Waals surface area contributed by atoms with Crippen molar-refractivity contribution in [1.82, 2.24) is 9.88 Å². The van der Waals surface area contributed by atoms with Crippen LogP contribution in [0.1, 0.15) is 28.9 Å². The number of pyridine rings is 1. The highest BCUT2D eigenvalue weighted by molar-refractivity contribution is 6.04. The first-order valence-corrected chi connectivity index (χ1v) is 7.24. The SMILES string of the molecule is Cc1c(C(=O)O)c2cccc(F)c2c(=O)n1CC1CCC(=O)N1. The summed E-state index contributed by atoms with van der Waals surface area (Å²) in [6, 6.07) is 3.68. The van der Waals surface area contributed by atoms with Crippen LogP contribution < -0.4 is 10.9 Å². The van der Waals surface area contributed by atoms with Crippen molar-refractivity contribution < 1.29 is 19.1 Å². The van der Waals surface area contributed by atoms with E-state index in [0.717, 1.165) is 6.07 Å². The third-order valence-electron chi connectivity index (χ3n) is 4.21. The molecule has 1 saturated heterocycles. The summed E-state index contributed by atoms with van der Waals surface area (Å²) in [5.74, 6) is -2.08. The van der Waals surface area contributed by atoms with Crippen LogP contribution in [0.2, 0.25) is 0 Å². The van der Waals surface area contributed by atoms with E-state index in [0.29, 0.717) is 12.8 Å². The van der Waals surface area contributed by atoms with Crippen molar-refractivity contribution in [2.24, 2.45) is 0 Å². The molecule has 23 heavy (non-hydrogen) atoms. The zero-order chi connectivity index (χ0) is 16.7. The molecule has 1 fully saturated rings. The van der Waals surface area contributed by atoms with Crippen LogP contribution in [0, 0.1) is 12.7 Å². The van der Waals surface area contributed by atoms with Crippen LogP contribution in [0.4, 0.5) is 4.39 Å². The van der Waals surface area contributed by atoms with Gasteiger partial charge in [0.15, 0.2) is 0 Å². The van der Waals surface area contributed by atoms with E-state index in [4.69, 9.17) is 0 Å². The van der Waals surface area contributed by atoms with Gasteiger partial charge in [-0.25, -0.2) is 9.18 Å². The van der Waals surface area contributed by atoms with Crippen molar-refractivity contribution in [2.75, 3.05) is 0 Å². The molecule has 0 saturated carbocycles. The molecule has 2 heterocycles. The summed E-state index contributed by atoms with van der Waals surface area (Å²) < 4.78 is 15.3. The fraction of sp³-hybridized carbons (Fsp3) is 0.312. The molecule has 1 aromatic carbocycles. The summed E-state index contributed by atoms with van der Waals surface area (Å²) in [4.78, 5) is 35.5. The van der Waals surface area contributed by atoms with E-state index < -0.39 is 17.3 Å². The van der Waals surface area contributed by atoms with Crippen LogP contribution in [0.3, 0.4) is 0 Å². The summed E-state index contributed by atoms with van der Waals surface area (Å²) in [5.41, 5.74) is -0.424. The summed E-state index contributed by atoms with van der Waals surface area (Å²) in [7, 11) is 0. The van der Waals surface area contributed by atoms with Gasteiger partial charge in [0.25, 0.3) is 5.56 Å². The van der Waals surface area contributed by atoms with Gasteiger partial charge >= 0.3 is 5.97 Å². The van der Waals surface area contributed by atoms with Crippen molar-refractivity contribution >= 4 is 22.6 Å². The normalized spacial score (nSPS) is 17.5. The molecule has 0 aliphatic carbocycles. The monoisotopic (exact) mass is 318 g/mol. The highest BCUT2D eigenvalue weighted by atomic mass is 19.1. The zero-order valence-electron chi connectivity index (χ0n) is 12.4. The van der Waals surface area contributed by atoms with E-state index in [2.05, 4.69) is 5.32 Å². The van der Waals surface area contributed by atoms with Crippen molar-refractivity contribution in [1.29, 1.82) is 0 Å². The lowest BCUT2D eigenvalue weighted by atomic mass is 10.0. The lowest BCUT2D eigenvalue weighted by Gasteiger charge is -2.18. The minimum Gasteiger partial charge on any atom is -0.478 e. The van der Waals surface area contributed by atoms with E-state index in [1.165, 1.54) is 23.6 Å². The summed E-state index contributed by atoms with van der Waals surface area (Å²) >= 11 is 0. The molecule has 1 aliphatic heterocycles. The van der Waals surface area contributed by atoms with Crippen LogP contribution >= 0.6 is 0 Å². The highest BCUT2D eigenvalue weighted by Gasteiger charge is 2.25. The Kier molecular flexibility index (Phi) is 3.63. The van der Waals surface area contributed by atoms with Gasteiger partial charge in [-0.2, -0.15) is 0 Å². The molecule has 3 rings (SSSR count). The number of aromatic carboxylic acids is 1. The van der Waals surface area contributed by atoms with Crippen LogP contribution in [0.5, 0.6) is 0 Å². The highest BCUT2D eigenvalue weighted by Crippen LogP contribution is 2.22. The first-order chi connectivity index (χ1) is 10.9. The van der Waals surface area contributed by atoms with Gasteiger partial charge in [0.2, 0.25) is 5.91 Å². The number of nitrogens with zero attached hydrogens (tertiary/aromatic N) is 1. The van der Waals surface area contributed by atoms with Gasteiger partial charge in [-0.1, -0.05) is 12.1 Å². The van der Waals surface area contributed by atoms with Crippen LogP contribution in [-0.4, -0.2) is 27.6 Å². The molecule has 1 amide bonds. The Hall–Kier alpha value is -2.70. The number of carboxylic acid groups (broad SMARTS) is 1. The maximum absolute atomic E-state index is 14.1. The first-order valence-electron chi connectivity index (χ1n) is 7.24. The molecule has 1 unspecified atom stereocenters. The van der Waals surface area contributed by atoms with Gasteiger partial charge in [-0.15, -0.1) is 0 Å². The molecule has 1 aliphatic rings. The van der Waals surface area contributed by atoms with Gasteiger partial charge in [0.1, 0.15) is 5.82 Å². The molecular weight excluding hydrogens is 303 g/mol. The molecule has 1 atom stereocenters. The molecule has 7 heteroatoms. The average molecular weight is 318 g/mol. The Morgan fingerprint density at radius 3 is 2.78 bits per heavy atom. The van der Waals surface area contributed by atoms with Crippen LogP contribution in [0.25, 0.3) is 10.8 Å². The number of carbonyl (C=O) groups is 2. The number of amides is 1. The van der Waals surface area contributed by atoms with Gasteiger partial charge < -0.3 is 15.0 Å². The molecular formula is C16H15FN2O4. The number of fused-ring (bicyclic) bond motifs is 1. The Morgan fingerprint density at radius 2 is 2.17 bits per heavy atom. The topological polar surface area (TPSA) is 88.4 Å². The van der Waals surface area contributed by atoms with Crippen molar-refractivity contribution in [2.45, 2.75) is 32.4 Å². The standard InChI is InChI=1S/C16H15FN2O4/c1-8-13(16(22)23)10-3-2-4-11(17)14(10)15(21)19(8)7-9-5-6-12(20)18-9/h2-4,9H,5-7H2,1H3,(H,18,20)(H,22,23). The number of hydrogen-bond acceptors (Lipinski definition) is 3. The molecule has 0 spiro atoms. The van der Waals surface area contributed by atoms with Crippen molar-refractivity contribution in [3.8, 4) is 0 Å². The predicted octanol–water partition coefficient (Wildman–Crippen LogP) is 1.43. The zero-order valence-corrected chi connectivity index (χ0v) is 12.4. The molecule has 120 valence electrons. The lowest BCUT2D eigenvalue weighted by molar-refractivity contribution is -0.119. The number of carbonyl (C=O) groups excluding carboxylic acids is 1. The van der Waals surface area contributed by atoms with Gasteiger partial charge in [0, 0.05) is 30.1 Å². The van der Waals surface area contributed by atoms with Gasteiger partial charge in [-0.05, 0) is 19.4 Å². The van der Waals surface area contributed by atoms with E-state index in [-0.39, 0.29) is 40.5 Å². The number of rotatable bonds is 3. The minimum absolute atomic E-state index is 0.0895. The Morgan fingerprint density at radius 1 is 1.43 bits per heavy atom. The van der Waals surface area contributed by atoms with Crippen molar-refractivity contribution in [3.63, 3.8) is 0 Å². The number of benzene rings is 1. The summed E-state index contributed by atoms with van der Waals surface area (Å²) in [6.45, 7) is 1.65. The van der Waals surface area contributed by atoms with E-state index >= 15 is 0 Å². The Balaban J connectivity index is 2.25. The maximum atomic E-state index is 14.1. The van der Waals surface area contributed by atoms with Gasteiger partial charge in [0.05, 0.1) is 10.9 Å². The third-order valence-corrected chi connectivity index (χ3v) is 4.21. The lowest BCUT2D eigenvalue weighted by Crippen LogP contribution is -2.36. The largest absolute Gasteiger partial charge is 0.478 e. The Bertz CT molecular complexity index is 888. The smallest absolute Gasteiger partial charge is 0.338 e. The number of hydrogen-bond donors (Lipinski definition) is 2. The van der Waals surface area contributed by atoms with Gasteiger partial charge in [-0.3, -0.25) is 9.59 Å². The van der Waals surface area contributed by atoms with E-state index in [1.54, 1.807) is 0 Å². The minimum atomic E-state index is -1.22. The maximum Gasteiger partial charge on any atom is 0.338 e. The average Bonchev–Trinajstić information content (AvgIpc) is 2.88. The number of nitrogens with one attached hydrogen (secondary N) is 1. The first kappa shape index (κ1) is 15.2. The second-order valence-corrected chi connectivity index (χ2v) is 5.65. The number of halogens is 1. The van der Waals surface area contributed by atoms with Crippen LogP contribution in [0.15, 0.2) is 23.0 Å². The molecule has 0 bridgehead atoms.